The summed E-state index contributed by atoms with van der Waals surface area (Å²) < 4.78 is 22.0. The van der Waals surface area contributed by atoms with Gasteiger partial charge in [-0.3, -0.25) is 4.99 Å². The van der Waals surface area contributed by atoms with E-state index in [0.717, 1.165) is 43.4 Å². The molecule has 0 aromatic heterocycles. The number of para-hydroxylation sites is 2. The standard InChI is InChI=1S/C24H33N3O4/c1-25-24(27-13-12-20(17-27)18-30-15-14-28-2)26-16-19-8-10-21(11-9-19)31-23-7-5-4-6-22(23)29-3/h4-11,20H,12-18H2,1-3H3,(H,25,26). The zero-order chi connectivity index (χ0) is 21.9. The van der Waals surface area contributed by atoms with Crippen LogP contribution in [0.3, 0.4) is 0 Å². The molecule has 1 saturated heterocycles. The third kappa shape index (κ3) is 6.87. The van der Waals surface area contributed by atoms with Crippen LogP contribution < -0.4 is 14.8 Å². The van der Waals surface area contributed by atoms with Crippen LogP contribution in [0.2, 0.25) is 0 Å². The summed E-state index contributed by atoms with van der Waals surface area (Å²) in [5.74, 6) is 3.64. The number of hydrogen-bond acceptors (Lipinski definition) is 5. The molecule has 0 amide bonds. The highest BCUT2D eigenvalue weighted by atomic mass is 16.5. The summed E-state index contributed by atoms with van der Waals surface area (Å²) in [4.78, 5) is 6.75. The van der Waals surface area contributed by atoms with E-state index in [1.165, 1.54) is 0 Å². The fourth-order valence-electron chi connectivity index (χ4n) is 3.57. The third-order valence-corrected chi connectivity index (χ3v) is 5.25. The van der Waals surface area contributed by atoms with Gasteiger partial charge in [-0.15, -0.1) is 0 Å². The van der Waals surface area contributed by atoms with Gasteiger partial charge in [-0.2, -0.15) is 0 Å². The molecule has 0 saturated carbocycles. The SMILES string of the molecule is CN=C(NCc1ccc(Oc2ccccc2OC)cc1)N1CCC(COCCOC)C1. The number of likely N-dealkylation sites (tertiary alicyclic amines) is 1. The van der Waals surface area contributed by atoms with Crippen LogP contribution in [-0.2, 0) is 16.0 Å². The lowest BCUT2D eigenvalue weighted by molar-refractivity contribution is 0.0536. The van der Waals surface area contributed by atoms with E-state index < -0.39 is 0 Å². The Morgan fingerprint density at radius 3 is 2.55 bits per heavy atom. The molecule has 2 aromatic carbocycles. The van der Waals surface area contributed by atoms with Crippen LogP contribution in [0.5, 0.6) is 17.2 Å². The van der Waals surface area contributed by atoms with Crippen molar-refractivity contribution in [2.75, 3.05) is 54.2 Å². The van der Waals surface area contributed by atoms with Gasteiger partial charge in [0.2, 0.25) is 0 Å². The maximum absolute atomic E-state index is 5.95. The summed E-state index contributed by atoms with van der Waals surface area (Å²) in [6, 6.07) is 15.7. The van der Waals surface area contributed by atoms with Crippen molar-refractivity contribution >= 4 is 5.96 Å². The zero-order valence-electron chi connectivity index (χ0n) is 18.7. The quantitative estimate of drug-likeness (QED) is 0.355. The highest BCUT2D eigenvalue weighted by Gasteiger charge is 2.24. The van der Waals surface area contributed by atoms with Gasteiger partial charge in [0.25, 0.3) is 0 Å². The Bertz CT molecular complexity index is 826. The Hall–Kier alpha value is -2.77. The van der Waals surface area contributed by atoms with E-state index in [9.17, 15) is 0 Å². The monoisotopic (exact) mass is 427 g/mol. The topological polar surface area (TPSA) is 64.6 Å². The molecule has 3 rings (SSSR count). The number of methoxy groups -OCH3 is 2. The second-order valence-electron chi connectivity index (χ2n) is 7.47. The van der Waals surface area contributed by atoms with Gasteiger partial charge in [0.15, 0.2) is 17.5 Å². The summed E-state index contributed by atoms with van der Waals surface area (Å²) in [7, 11) is 5.16. The van der Waals surface area contributed by atoms with Crippen molar-refractivity contribution in [2.45, 2.75) is 13.0 Å². The predicted molar refractivity (Wildman–Crippen MR) is 122 cm³/mol. The van der Waals surface area contributed by atoms with Crippen LogP contribution in [0.1, 0.15) is 12.0 Å². The zero-order valence-corrected chi connectivity index (χ0v) is 18.7. The smallest absolute Gasteiger partial charge is 0.193 e. The molecule has 168 valence electrons. The van der Waals surface area contributed by atoms with Crippen LogP contribution in [0.15, 0.2) is 53.5 Å². The van der Waals surface area contributed by atoms with Gasteiger partial charge in [0.1, 0.15) is 5.75 Å². The van der Waals surface area contributed by atoms with Crippen molar-refractivity contribution in [2.24, 2.45) is 10.9 Å². The third-order valence-electron chi connectivity index (χ3n) is 5.25. The maximum Gasteiger partial charge on any atom is 0.193 e. The number of hydrogen-bond donors (Lipinski definition) is 1. The van der Waals surface area contributed by atoms with Gasteiger partial charge < -0.3 is 29.2 Å². The van der Waals surface area contributed by atoms with Crippen LogP contribution in [0, 0.1) is 5.92 Å². The average Bonchev–Trinajstić information content (AvgIpc) is 3.27. The first-order valence-corrected chi connectivity index (χ1v) is 10.7. The minimum atomic E-state index is 0.529. The Balaban J connectivity index is 1.47. The summed E-state index contributed by atoms with van der Waals surface area (Å²) in [6.45, 7) is 4.71. The fourth-order valence-corrected chi connectivity index (χ4v) is 3.57. The lowest BCUT2D eigenvalue weighted by atomic mass is 10.1. The van der Waals surface area contributed by atoms with Crippen LogP contribution in [-0.4, -0.2) is 65.0 Å². The highest BCUT2D eigenvalue weighted by molar-refractivity contribution is 5.80. The molecular formula is C24H33N3O4. The van der Waals surface area contributed by atoms with Crippen molar-refractivity contribution in [3.63, 3.8) is 0 Å². The molecule has 1 N–H and O–H groups in total. The number of rotatable bonds is 10. The minimum Gasteiger partial charge on any atom is -0.493 e. The molecule has 0 bridgehead atoms. The molecular weight excluding hydrogens is 394 g/mol. The summed E-state index contributed by atoms with van der Waals surface area (Å²) in [6.07, 6.45) is 1.11. The summed E-state index contributed by atoms with van der Waals surface area (Å²) in [5, 5.41) is 3.47. The fraction of sp³-hybridized carbons (Fsp3) is 0.458. The van der Waals surface area contributed by atoms with Crippen molar-refractivity contribution in [1.82, 2.24) is 10.2 Å². The van der Waals surface area contributed by atoms with Crippen LogP contribution in [0.25, 0.3) is 0 Å². The number of guanidine groups is 1. The second kappa shape index (κ2) is 12.2. The summed E-state index contributed by atoms with van der Waals surface area (Å²) in [5.41, 5.74) is 1.16. The van der Waals surface area contributed by atoms with Crippen LogP contribution >= 0.6 is 0 Å². The number of nitrogens with one attached hydrogen (secondary N) is 1. The van der Waals surface area contributed by atoms with Crippen molar-refractivity contribution in [1.29, 1.82) is 0 Å². The molecule has 0 radical (unpaired) electrons. The van der Waals surface area contributed by atoms with E-state index in [0.29, 0.717) is 37.2 Å². The molecule has 2 aromatic rings. The second-order valence-corrected chi connectivity index (χ2v) is 7.47. The first-order valence-electron chi connectivity index (χ1n) is 10.7. The van der Waals surface area contributed by atoms with Gasteiger partial charge in [-0.1, -0.05) is 24.3 Å². The van der Waals surface area contributed by atoms with Crippen molar-refractivity contribution < 1.29 is 18.9 Å². The molecule has 1 aliphatic rings. The number of aliphatic imine (C=N–C) groups is 1. The Morgan fingerprint density at radius 1 is 1.06 bits per heavy atom. The molecule has 7 nitrogen and oxygen atoms in total. The lowest BCUT2D eigenvalue weighted by Gasteiger charge is -2.22. The van der Waals surface area contributed by atoms with Crippen molar-refractivity contribution in [3.05, 3.63) is 54.1 Å². The van der Waals surface area contributed by atoms with Gasteiger partial charge in [0.05, 0.1) is 26.9 Å². The number of nitrogens with zero attached hydrogens (tertiary/aromatic N) is 2. The first kappa shape index (κ1) is 22.9. The van der Waals surface area contributed by atoms with Gasteiger partial charge >= 0.3 is 0 Å². The van der Waals surface area contributed by atoms with E-state index in [-0.39, 0.29) is 0 Å². The Kier molecular flexibility index (Phi) is 8.99. The molecule has 1 atom stereocenters. The Morgan fingerprint density at radius 2 is 1.84 bits per heavy atom. The van der Waals surface area contributed by atoms with E-state index in [4.69, 9.17) is 18.9 Å². The minimum absolute atomic E-state index is 0.529. The van der Waals surface area contributed by atoms with E-state index in [1.54, 1.807) is 14.2 Å². The molecule has 0 spiro atoms. The van der Waals surface area contributed by atoms with E-state index >= 15 is 0 Å². The molecule has 1 heterocycles. The number of benzene rings is 2. The molecule has 1 aliphatic heterocycles. The largest absolute Gasteiger partial charge is 0.493 e. The van der Waals surface area contributed by atoms with Gasteiger partial charge in [-0.25, -0.2) is 0 Å². The molecule has 0 aliphatic carbocycles. The average molecular weight is 428 g/mol. The van der Waals surface area contributed by atoms with E-state index in [1.807, 2.05) is 43.4 Å². The number of ether oxygens (including phenoxy) is 4. The molecule has 1 unspecified atom stereocenters. The predicted octanol–water partition coefficient (Wildman–Crippen LogP) is 3.55. The molecule has 7 heteroatoms. The van der Waals surface area contributed by atoms with Gasteiger partial charge in [-0.05, 0) is 36.2 Å². The highest BCUT2D eigenvalue weighted by Crippen LogP contribution is 2.30. The van der Waals surface area contributed by atoms with E-state index in [2.05, 4.69) is 27.3 Å². The van der Waals surface area contributed by atoms with Crippen molar-refractivity contribution in [3.8, 4) is 17.2 Å². The molecule has 1 fully saturated rings. The first-order chi connectivity index (χ1) is 15.2. The van der Waals surface area contributed by atoms with Gasteiger partial charge in [0, 0.05) is 39.7 Å². The normalized spacial score (nSPS) is 16.4. The maximum atomic E-state index is 5.95. The van der Waals surface area contributed by atoms with Crippen LogP contribution in [0.4, 0.5) is 0 Å². The summed E-state index contributed by atoms with van der Waals surface area (Å²) >= 11 is 0. The molecule has 31 heavy (non-hydrogen) atoms. The lowest BCUT2D eigenvalue weighted by Crippen LogP contribution is -2.39. The Labute approximate surface area is 185 Å².